The van der Waals surface area contributed by atoms with E-state index >= 15 is 0 Å². The third-order valence-corrected chi connectivity index (χ3v) is 3.67. The standard InChI is InChI=1S/C16H22ClN3/c1-3-15-9-16(20(4-2)19-15)12-18-11-14-7-5-6-13(8-14)10-17/h5-9,18H,3-4,10-12H2,1-2H3. The van der Waals surface area contributed by atoms with Gasteiger partial charge in [-0.2, -0.15) is 5.10 Å². The molecular formula is C16H22ClN3. The van der Waals surface area contributed by atoms with E-state index in [4.69, 9.17) is 11.6 Å². The third-order valence-electron chi connectivity index (χ3n) is 3.36. The van der Waals surface area contributed by atoms with Gasteiger partial charge in [-0.1, -0.05) is 31.2 Å². The van der Waals surface area contributed by atoms with Gasteiger partial charge in [0.2, 0.25) is 0 Å². The highest BCUT2D eigenvalue weighted by Crippen LogP contribution is 2.09. The fourth-order valence-corrected chi connectivity index (χ4v) is 2.43. The highest BCUT2D eigenvalue weighted by Gasteiger charge is 2.05. The van der Waals surface area contributed by atoms with Crippen LogP contribution in [0.1, 0.15) is 36.4 Å². The molecule has 2 aromatic rings. The predicted molar refractivity (Wildman–Crippen MR) is 83.8 cm³/mol. The van der Waals surface area contributed by atoms with E-state index in [-0.39, 0.29) is 0 Å². The highest BCUT2D eigenvalue weighted by atomic mass is 35.5. The summed E-state index contributed by atoms with van der Waals surface area (Å²) in [6, 6.07) is 10.6. The average molecular weight is 292 g/mol. The van der Waals surface area contributed by atoms with E-state index in [1.165, 1.54) is 11.3 Å². The van der Waals surface area contributed by atoms with Gasteiger partial charge in [-0.15, -0.1) is 11.6 Å². The molecule has 1 heterocycles. The van der Waals surface area contributed by atoms with Crippen molar-refractivity contribution in [1.29, 1.82) is 0 Å². The van der Waals surface area contributed by atoms with Crippen LogP contribution in [-0.2, 0) is 31.9 Å². The molecule has 0 saturated carbocycles. The summed E-state index contributed by atoms with van der Waals surface area (Å²) in [5.41, 5.74) is 4.84. The van der Waals surface area contributed by atoms with E-state index in [0.29, 0.717) is 5.88 Å². The molecule has 0 aliphatic carbocycles. The largest absolute Gasteiger partial charge is 0.307 e. The Labute approximate surface area is 126 Å². The van der Waals surface area contributed by atoms with Gasteiger partial charge in [0.15, 0.2) is 0 Å². The quantitative estimate of drug-likeness (QED) is 0.791. The van der Waals surface area contributed by atoms with Crippen LogP contribution >= 0.6 is 11.6 Å². The number of alkyl halides is 1. The van der Waals surface area contributed by atoms with Gasteiger partial charge in [0.1, 0.15) is 0 Å². The van der Waals surface area contributed by atoms with Crippen LogP contribution < -0.4 is 5.32 Å². The minimum Gasteiger partial charge on any atom is -0.307 e. The van der Waals surface area contributed by atoms with Crippen molar-refractivity contribution in [2.24, 2.45) is 0 Å². The van der Waals surface area contributed by atoms with Gasteiger partial charge in [0, 0.05) is 25.5 Å². The Bertz CT molecular complexity index is 548. The Morgan fingerprint density at radius 1 is 1.15 bits per heavy atom. The summed E-state index contributed by atoms with van der Waals surface area (Å²) in [6.07, 6.45) is 0.984. The smallest absolute Gasteiger partial charge is 0.0625 e. The van der Waals surface area contributed by atoms with Gasteiger partial charge in [0.05, 0.1) is 11.4 Å². The molecule has 0 saturated heterocycles. The fraction of sp³-hybridized carbons (Fsp3) is 0.438. The van der Waals surface area contributed by atoms with Gasteiger partial charge < -0.3 is 5.32 Å². The van der Waals surface area contributed by atoms with Crippen LogP contribution in [0.25, 0.3) is 0 Å². The molecule has 1 aromatic carbocycles. The van der Waals surface area contributed by atoms with Crippen LogP contribution in [-0.4, -0.2) is 9.78 Å². The number of aryl methyl sites for hydroxylation is 2. The zero-order valence-electron chi connectivity index (χ0n) is 12.2. The van der Waals surface area contributed by atoms with Crippen LogP contribution in [0.2, 0.25) is 0 Å². The molecule has 2 rings (SSSR count). The zero-order chi connectivity index (χ0) is 14.4. The first-order valence-electron chi connectivity index (χ1n) is 7.16. The zero-order valence-corrected chi connectivity index (χ0v) is 13.0. The Kier molecular flexibility index (Phi) is 5.62. The molecule has 0 radical (unpaired) electrons. The monoisotopic (exact) mass is 291 g/mol. The Balaban J connectivity index is 1.93. The molecule has 0 amide bonds. The maximum absolute atomic E-state index is 5.86. The molecule has 0 atom stereocenters. The van der Waals surface area contributed by atoms with Crippen molar-refractivity contribution in [2.45, 2.75) is 45.8 Å². The summed E-state index contributed by atoms with van der Waals surface area (Å²) in [6.45, 7) is 6.86. The molecule has 1 N–H and O–H groups in total. The van der Waals surface area contributed by atoms with E-state index in [1.807, 2.05) is 0 Å². The summed E-state index contributed by atoms with van der Waals surface area (Å²) in [7, 11) is 0. The topological polar surface area (TPSA) is 29.9 Å². The molecular weight excluding hydrogens is 270 g/mol. The van der Waals surface area contributed by atoms with Crippen molar-refractivity contribution in [3.05, 3.63) is 52.8 Å². The summed E-state index contributed by atoms with van der Waals surface area (Å²) < 4.78 is 2.07. The summed E-state index contributed by atoms with van der Waals surface area (Å²) in [5.74, 6) is 0.566. The third kappa shape index (κ3) is 3.84. The van der Waals surface area contributed by atoms with Gasteiger partial charge in [-0.3, -0.25) is 4.68 Å². The lowest BCUT2D eigenvalue weighted by Crippen LogP contribution is -2.16. The summed E-state index contributed by atoms with van der Waals surface area (Å²) in [5, 5.41) is 8.04. The molecule has 108 valence electrons. The predicted octanol–water partition coefficient (Wildman–Crippen LogP) is 3.49. The SMILES string of the molecule is CCc1cc(CNCc2cccc(CCl)c2)n(CC)n1. The Morgan fingerprint density at radius 2 is 1.95 bits per heavy atom. The number of rotatable bonds is 7. The number of hydrogen-bond acceptors (Lipinski definition) is 2. The van der Waals surface area contributed by atoms with Crippen LogP contribution in [0.3, 0.4) is 0 Å². The van der Waals surface area contributed by atoms with Crippen molar-refractivity contribution in [3.63, 3.8) is 0 Å². The summed E-state index contributed by atoms with van der Waals surface area (Å²) in [4.78, 5) is 0. The van der Waals surface area contributed by atoms with Gasteiger partial charge >= 0.3 is 0 Å². The lowest BCUT2D eigenvalue weighted by molar-refractivity contribution is 0.577. The van der Waals surface area contributed by atoms with E-state index in [0.717, 1.165) is 37.3 Å². The molecule has 1 aromatic heterocycles. The molecule has 0 aliphatic heterocycles. The Morgan fingerprint density at radius 3 is 2.65 bits per heavy atom. The highest BCUT2D eigenvalue weighted by molar-refractivity contribution is 6.17. The lowest BCUT2D eigenvalue weighted by atomic mass is 10.1. The number of benzene rings is 1. The lowest BCUT2D eigenvalue weighted by Gasteiger charge is -2.07. The second kappa shape index (κ2) is 7.46. The molecule has 0 unspecified atom stereocenters. The van der Waals surface area contributed by atoms with E-state index in [2.05, 4.69) is 59.3 Å². The maximum atomic E-state index is 5.86. The number of aromatic nitrogens is 2. The maximum Gasteiger partial charge on any atom is 0.0625 e. The van der Waals surface area contributed by atoms with Gasteiger partial charge in [-0.05, 0) is 30.5 Å². The van der Waals surface area contributed by atoms with Crippen LogP contribution in [0.4, 0.5) is 0 Å². The molecule has 20 heavy (non-hydrogen) atoms. The second-order valence-corrected chi connectivity index (χ2v) is 5.12. The number of nitrogens with one attached hydrogen (secondary N) is 1. The van der Waals surface area contributed by atoms with E-state index in [9.17, 15) is 0 Å². The normalized spacial score (nSPS) is 10.9. The first kappa shape index (κ1) is 15.1. The van der Waals surface area contributed by atoms with Crippen LogP contribution in [0.5, 0.6) is 0 Å². The number of hydrogen-bond donors (Lipinski definition) is 1. The second-order valence-electron chi connectivity index (χ2n) is 4.85. The molecule has 4 heteroatoms. The first-order valence-corrected chi connectivity index (χ1v) is 7.70. The minimum absolute atomic E-state index is 0.566. The van der Waals surface area contributed by atoms with Gasteiger partial charge in [0.25, 0.3) is 0 Å². The number of halogens is 1. The van der Waals surface area contributed by atoms with E-state index < -0.39 is 0 Å². The molecule has 0 fully saturated rings. The van der Waals surface area contributed by atoms with Crippen molar-refractivity contribution in [1.82, 2.24) is 15.1 Å². The van der Waals surface area contributed by atoms with Crippen LogP contribution in [0.15, 0.2) is 30.3 Å². The van der Waals surface area contributed by atoms with Crippen molar-refractivity contribution < 1.29 is 0 Å². The molecule has 0 aliphatic rings. The van der Waals surface area contributed by atoms with Gasteiger partial charge in [-0.25, -0.2) is 0 Å². The first-order chi connectivity index (χ1) is 9.76. The molecule has 3 nitrogen and oxygen atoms in total. The molecule has 0 bridgehead atoms. The molecule has 0 spiro atoms. The minimum atomic E-state index is 0.566. The van der Waals surface area contributed by atoms with Crippen molar-refractivity contribution in [3.8, 4) is 0 Å². The Hall–Kier alpha value is -1.32. The summed E-state index contributed by atoms with van der Waals surface area (Å²) >= 11 is 5.86. The van der Waals surface area contributed by atoms with Crippen LogP contribution in [0, 0.1) is 0 Å². The fourth-order valence-electron chi connectivity index (χ4n) is 2.26. The average Bonchev–Trinajstić information content (AvgIpc) is 2.90. The van der Waals surface area contributed by atoms with Crippen molar-refractivity contribution >= 4 is 11.6 Å². The van der Waals surface area contributed by atoms with E-state index in [1.54, 1.807) is 0 Å². The number of nitrogens with zero attached hydrogens (tertiary/aromatic N) is 2. The van der Waals surface area contributed by atoms with Crippen molar-refractivity contribution in [2.75, 3.05) is 0 Å².